The van der Waals surface area contributed by atoms with Gasteiger partial charge in [0.1, 0.15) is 0 Å². The van der Waals surface area contributed by atoms with Crippen LogP contribution in [0.4, 0.5) is 14.4 Å². The van der Waals surface area contributed by atoms with E-state index in [1.807, 2.05) is 0 Å². The predicted molar refractivity (Wildman–Crippen MR) is 183 cm³/mol. The maximum atomic E-state index is 9.00. The van der Waals surface area contributed by atoms with Crippen LogP contribution in [0.15, 0.2) is 0 Å². The van der Waals surface area contributed by atoms with Crippen molar-refractivity contribution in [1.82, 2.24) is 0 Å². The molecular formula is C7H34Al2Ba2Ca2Cl4O31S3Zn7+26. The van der Waals surface area contributed by atoms with Crippen molar-refractivity contribution in [1.29, 1.82) is 0 Å². The predicted octanol–water partition coefficient (Wildman–Crippen LogP) is -5.97. The SMILES string of the molecule is CC(=O)O.CC(=O)O.Cl.Cl.Cl.Cl.O.O.O.O.O.O=C(O)O.O=C(O)O.O=C(O)O.O=S(=O)(O)O.O=S(=O)(O)O.O=S(=O)(O)O.[Al+3].[Al+3].[Ba+2].[Ba+2].[Ca+2].[Ca+2].[O-2].[Zn+2].[Zn+2].[Zn+2].[Zn+2].[Zn+2].[Zn+2].[Zn+2]. The van der Waals surface area contributed by atoms with Crippen molar-refractivity contribution in [2.45, 2.75) is 13.8 Å². The Labute approximate surface area is 606 Å². The van der Waals surface area contributed by atoms with E-state index in [1.165, 1.54) is 0 Å². The Bertz CT molecular complexity index is 779. The number of hydrogen-bond donors (Lipinski definition) is 14. The molecule has 0 aliphatic rings. The molecule has 51 heteroatoms. The number of carboxylic acids is 2. The minimum Gasteiger partial charge on any atom is -2.00 e. The van der Waals surface area contributed by atoms with Crippen molar-refractivity contribution in [3.05, 3.63) is 0 Å². The molecule has 0 rings (SSSR count). The molecule has 0 unspecified atom stereocenters. The molecule has 0 fully saturated rings. The van der Waals surface area contributed by atoms with Crippen LogP contribution in [0.2, 0.25) is 0 Å². The molecule has 0 spiro atoms. The summed E-state index contributed by atoms with van der Waals surface area (Å²) in [6.07, 6.45) is -5.50. The van der Waals surface area contributed by atoms with Crippen LogP contribution < -0.4 is 0 Å². The summed E-state index contributed by atoms with van der Waals surface area (Å²) in [6, 6.07) is 0. The molecule has 31 nitrogen and oxygen atoms in total. The maximum Gasteiger partial charge on any atom is 3.00 e. The zero-order chi connectivity index (χ0) is 31.4. The van der Waals surface area contributed by atoms with E-state index in [2.05, 4.69) is 0 Å². The minimum atomic E-state index is -4.67. The first-order valence-electron chi connectivity index (χ1n) is 5.90. The molecule has 0 bridgehead atoms. The van der Waals surface area contributed by atoms with Gasteiger partial charge < -0.3 is 73.7 Å². The zero-order valence-electron chi connectivity index (χ0n) is 30.0. The quantitative estimate of drug-likeness (QED) is 0.0793. The fraction of sp³-hybridized carbons (Fsp3) is 0.286. The molecule has 0 aliphatic carbocycles. The summed E-state index contributed by atoms with van der Waals surface area (Å²) in [5, 5.41) is 56.7. The standard InChI is InChI=1S/2C2H4O2.3CH2O3.2Al.2Ba.2Ca.4ClH.3H2O4S.5H2O.O.7Zn/c2*1-2(3)4;3*2-1(3)4;;;;;;;;;;;3*1-5(2,3)4;;;;;;;;;;;;;/h2*1H3,(H,3,4);3*(H2,2,3,4);;;;;;;4*1H;3*(H2,1,2,3,4);5*1H2;;;;;;;;/q;;;;;2*+3;4*+2;;;;;;;;;;;;;-2;7*+2. The molecule has 0 aromatic heterocycles. The van der Waals surface area contributed by atoms with Gasteiger partial charge in [-0.2, -0.15) is 25.3 Å². The Kier molecular flexibility index (Phi) is 619. The van der Waals surface area contributed by atoms with Crippen molar-refractivity contribution in [2.75, 3.05) is 0 Å². The van der Waals surface area contributed by atoms with Crippen LogP contribution in [0, 0.1) is 0 Å². The first-order valence-corrected chi connectivity index (χ1v) is 10.1. The van der Waals surface area contributed by atoms with E-state index in [0.29, 0.717) is 0 Å². The van der Waals surface area contributed by atoms with Crippen molar-refractivity contribution in [2.24, 2.45) is 0 Å². The number of aliphatic carboxylic acids is 2. The molecule has 0 aromatic rings. The van der Waals surface area contributed by atoms with Crippen LogP contribution in [-0.4, -0.2) is 359 Å². The largest absolute Gasteiger partial charge is 3.00 e. The van der Waals surface area contributed by atoms with E-state index < -0.39 is 61.6 Å². The van der Waals surface area contributed by atoms with E-state index in [-0.39, 0.29) is 427 Å². The summed E-state index contributed by atoms with van der Waals surface area (Å²) in [5.41, 5.74) is 0. The smallest absolute Gasteiger partial charge is 2.00 e. The van der Waals surface area contributed by atoms with Gasteiger partial charge in [-0.1, -0.05) is 0 Å². The van der Waals surface area contributed by atoms with Gasteiger partial charge >= 0.3 is 394 Å². The molecule has 24 N–H and O–H groups in total. The number of carbonyl (C=O) groups is 5. The van der Waals surface area contributed by atoms with E-state index >= 15 is 0 Å². The van der Waals surface area contributed by atoms with Gasteiger partial charge in [0.15, 0.2) is 0 Å². The topological polar surface area (TPSA) is 657 Å². The van der Waals surface area contributed by atoms with Gasteiger partial charge in [-0.25, -0.2) is 14.4 Å². The molecule has 0 radical (unpaired) electrons. The number of carboxylic acid groups (broad SMARTS) is 8. The van der Waals surface area contributed by atoms with Crippen LogP contribution in [0.5, 0.6) is 0 Å². The first-order chi connectivity index (χ1) is 14.7. The van der Waals surface area contributed by atoms with Crippen molar-refractivity contribution in [3.8, 4) is 0 Å². The van der Waals surface area contributed by atoms with Crippen LogP contribution in [0.3, 0.4) is 0 Å². The molecule has 58 heavy (non-hydrogen) atoms. The summed E-state index contributed by atoms with van der Waals surface area (Å²) in [7, 11) is -14.0. The minimum absolute atomic E-state index is 0. The normalized spacial score (nSPS) is 5.10. The second-order valence-electron chi connectivity index (χ2n) is 3.23. The third-order valence-electron chi connectivity index (χ3n) is 0. The summed E-state index contributed by atoms with van der Waals surface area (Å²) >= 11 is 0. The first kappa shape index (κ1) is 227. The van der Waals surface area contributed by atoms with Gasteiger partial charge in [0, 0.05) is 13.8 Å². The number of rotatable bonds is 0. The Morgan fingerprint density at radius 3 is 0.345 bits per heavy atom. The van der Waals surface area contributed by atoms with E-state index in [1.54, 1.807) is 0 Å². The molecule has 0 amide bonds. The van der Waals surface area contributed by atoms with Crippen LogP contribution in [0.25, 0.3) is 0 Å². The number of hydrogen-bond acceptors (Lipinski definition) is 11. The second kappa shape index (κ2) is 158. The maximum absolute atomic E-state index is 9.00. The average Bonchev–Trinajstić information content (AvgIpc) is 2.25. The van der Waals surface area contributed by atoms with Gasteiger partial charge in [-0.05, 0) is 0 Å². The van der Waals surface area contributed by atoms with Gasteiger partial charge in [0.05, 0.1) is 0 Å². The molecule has 0 aromatic carbocycles. The van der Waals surface area contributed by atoms with Gasteiger partial charge in [0.2, 0.25) is 0 Å². The van der Waals surface area contributed by atoms with Crippen LogP contribution in [0.1, 0.15) is 13.8 Å². The fourth-order valence-corrected chi connectivity index (χ4v) is 0. The summed E-state index contributed by atoms with van der Waals surface area (Å²) in [5.74, 6) is -1.67. The van der Waals surface area contributed by atoms with Crippen molar-refractivity contribution >= 4 is 319 Å². The van der Waals surface area contributed by atoms with Crippen LogP contribution >= 0.6 is 49.6 Å². The van der Waals surface area contributed by atoms with Crippen molar-refractivity contribution < 1.29 is 287 Å². The molecule has 0 saturated heterocycles. The summed E-state index contributed by atoms with van der Waals surface area (Å²) in [6.45, 7) is 2.17. The monoisotopic (exact) mass is 1710 g/mol. The van der Waals surface area contributed by atoms with Gasteiger partial charge in [0.25, 0.3) is 11.9 Å². The molecular weight excluding hydrogens is 1680 g/mol. The zero-order valence-corrected chi connectivity index (χ0v) is 72.0. The number of halogens is 4. The molecule has 296 valence electrons. The average molecular weight is 1720 g/mol. The summed E-state index contributed by atoms with van der Waals surface area (Å²) in [4.78, 5) is 43.7. The Morgan fingerprint density at radius 2 is 0.345 bits per heavy atom. The van der Waals surface area contributed by atoms with E-state index in [0.717, 1.165) is 13.8 Å². The Hall–Kier alpha value is 8.37. The third-order valence-corrected chi connectivity index (χ3v) is 0. The van der Waals surface area contributed by atoms with Gasteiger partial charge in [-0.15, -0.1) is 49.6 Å². The fourth-order valence-electron chi connectivity index (χ4n) is 0. The molecule has 0 aliphatic heterocycles. The summed E-state index contributed by atoms with van der Waals surface area (Å²) < 4.78 is 94.8. The van der Waals surface area contributed by atoms with E-state index in [4.69, 9.17) is 117 Å². The third kappa shape index (κ3) is 3690. The molecule has 0 heterocycles. The van der Waals surface area contributed by atoms with E-state index in [9.17, 15) is 0 Å². The molecule has 0 atom stereocenters. The molecule has 0 saturated carbocycles. The van der Waals surface area contributed by atoms with Crippen molar-refractivity contribution in [3.63, 3.8) is 0 Å². The Morgan fingerprint density at radius 1 is 0.345 bits per heavy atom. The second-order valence-corrected chi connectivity index (χ2v) is 5.92. The Balaban J connectivity index is -0.00000000469. The van der Waals surface area contributed by atoms with Crippen LogP contribution in [-0.2, 0) is 183 Å². The van der Waals surface area contributed by atoms with Gasteiger partial charge in [-0.3, -0.25) is 36.9 Å².